The van der Waals surface area contributed by atoms with Crippen molar-refractivity contribution in [1.29, 1.82) is 0 Å². The number of hydrogen-bond donors (Lipinski definition) is 2. The largest absolute Gasteiger partial charge is 0.381 e. The second-order valence-electron chi connectivity index (χ2n) is 3.56. The maximum absolute atomic E-state index is 5.45. The number of rotatable bonds is 4. The van der Waals surface area contributed by atoms with Crippen LogP contribution in [-0.4, -0.2) is 19.3 Å². The van der Waals surface area contributed by atoms with Gasteiger partial charge in [0, 0.05) is 18.6 Å². The number of ether oxygens (including phenoxy) is 1. The summed E-state index contributed by atoms with van der Waals surface area (Å²) < 4.78 is 5.30. The van der Waals surface area contributed by atoms with Crippen LogP contribution in [0.15, 0.2) is 12.2 Å². The quantitative estimate of drug-likeness (QED) is 0.373. The molecule has 2 atom stereocenters. The summed E-state index contributed by atoms with van der Waals surface area (Å²) in [5.74, 6) is 6.02. The van der Waals surface area contributed by atoms with Gasteiger partial charge >= 0.3 is 0 Å². The average Bonchev–Trinajstić information content (AvgIpc) is 2.51. The summed E-state index contributed by atoms with van der Waals surface area (Å²) in [6.45, 7) is 7.62. The molecule has 0 saturated carbocycles. The Morgan fingerprint density at radius 2 is 2.58 bits per heavy atom. The Morgan fingerprint density at radius 1 is 1.83 bits per heavy atom. The third kappa shape index (κ3) is 2.59. The molecule has 1 heterocycles. The van der Waals surface area contributed by atoms with Crippen LogP contribution in [0.5, 0.6) is 0 Å². The van der Waals surface area contributed by atoms with Gasteiger partial charge in [-0.25, -0.2) is 0 Å². The fraction of sp³-hybridized carbons (Fsp3) is 0.778. The Hall–Kier alpha value is -0.380. The zero-order chi connectivity index (χ0) is 8.97. The molecule has 0 spiro atoms. The van der Waals surface area contributed by atoms with E-state index in [9.17, 15) is 0 Å². The van der Waals surface area contributed by atoms with E-state index in [2.05, 4.69) is 12.0 Å². The SMILES string of the molecule is C=C(C)CC(NN)C1CCOC1. The van der Waals surface area contributed by atoms with Gasteiger partial charge in [-0.1, -0.05) is 5.57 Å². The molecule has 1 rings (SSSR count). The summed E-state index contributed by atoms with van der Waals surface area (Å²) in [6.07, 6.45) is 2.06. The highest BCUT2D eigenvalue weighted by Crippen LogP contribution is 2.20. The van der Waals surface area contributed by atoms with Crippen LogP contribution in [0.1, 0.15) is 19.8 Å². The molecule has 0 radical (unpaired) electrons. The van der Waals surface area contributed by atoms with Crippen LogP contribution in [0, 0.1) is 5.92 Å². The average molecular weight is 170 g/mol. The molecule has 0 aromatic heterocycles. The van der Waals surface area contributed by atoms with Crippen molar-refractivity contribution in [3.05, 3.63) is 12.2 Å². The fourth-order valence-corrected chi connectivity index (χ4v) is 1.61. The lowest BCUT2D eigenvalue weighted by atomic mass is 9.94. The highest BCUT2D eigenvalue weighted by molar-refractivity contribution is 4.95. The van der Waals surface area contributed by atoms with Gasteiger partial charge in [0.05, 0.1) is 6.61 Å². The van der Waals surface area contributed by atoms with Gasteiger partial charge in [-0.3, -0.25) is 11.3 Å². The first-order chi connectivity index (χ1) is 5.74. The van der Waals surface area contributed by atoms with Crippen LogP contribution < -0.4 is 11.3 Å². The van der Waals surface area contributed by atoms with E-state index in [4.69, 9.17) is 10.6 Å². The van der Waals surface area contributed by atoms with Crippen LogP contribution in [0.3, 0.4) is 0 Å². The Bertz CT molecular complexity index is 153. The van der Waals surface area contributed by atoms with Crippen LogP contribution >= 0.6 is 0 Å². The van der Waals surface area contributed by atoms with Crippen LogP contribution in [-0.2, 0) is 4.74 Å². The second kappa shape index (κ2) is 4.60. The van der Waals surface area contributed by atoms with Gasteiger partial charge in [0.15, 0.2) is 0 Å². The summed E-state index contributed by atoms with van der Waals surface area (Å²) in [5, 5.41) is 0. The van der Waals surface area contributed by atoms with Crippen molar-refractivity contribution in [3.8, 4) is 0 Å². The topological polar surface area (TPSA) is 47.3 Å². The van der Waals surface area contributed by atoms with Crippen molar-refractivity contribution in [2.24, 2.45) is 11.8 Å². The normalized spacial score (nSPS) is 25.7. The Morgan fingerprint density at radius 3 is 3.00 bits per heavy atom. The molecule has 3 N–H and O–H groups in total. The first kappa shape index (κ1) is 9.71. The van der Waals surface area contributed by atoms with Gasteiger partial charge in [-0.05, 0) is 19.8 Å². The molecule has 0 bridgehead atoms. The monoisotopic (exact) mass is 170 g/mol. The fourth-order valence-electron chi connectivity index (χ4n) is 1.61. The van der Waals surface area contributed by atoms with E-state index < -0.39 is 0 Å². The van der Waals surface area contributed by atoms with E-state index in [0.29, 0.717) is 12.0 Å². The van der Waals surface area contributed by atoms with E-state index >= 15 is 0 Å². The molecule has 1 aliphatic heterocycles. The van der Waals surface area contributed by atoms with Gasteiger partial charge in [0.25, 0.3) is 0 Å². The number of hydrogen-bond acceptors (Lipinski definition) is 3. The third-order valence-corrected chi connectivity index (χ3v) is 2.32. The molecule has 70 valence electrons. The van der Waals surface area contributed by atoms with E-state index in [0.717, 1.165) is 26.1 Å². The molecule has 0 aromatic carbocycles. The van der Waals surface area contributed by atoms with Crippen LogP contribution in [0.2, 0.25) is 0 Å². The van der Waals surface area contributed by atoms with E-state index in [1.807, 2.05) is 6.92 Å². The predicted octanol–water partition coefficient (Wildman–Crippen LogP) is 0.821. The van der Waals surface area contributed by atoms with Gasteiger partial charge < -0.3 is 4.74 Å². The molecule has 12 heavy (non-hydrogen) atoms. The second-order valence-corrected chi connectivity index (χ2v) is 3.56. The maximum atomic E-state index is 5.45. The molecule has 0 aromatic rings. The third-order valence-electron chi connectivity index (χ3n) is 2.32. The van der Waals surface area contributed by atoms with Crippen molar-refractivity contribution in [3.63, 3.8) is 0 Å². The van der Waals surface area contributed by atoms with Crippen LogP contribution in [0.4, 0.5) is 0 Å². The molecular weight excluding hydrogens is 152 g/mol. The highest BCUT2D eigenvalue weighted by atomic mass is 16.5. The number of nitrogens with two attached hydrogens (primary N) is 1. The lowest BCUT2D eigenvalue weighted by Crippen LogP contribution is -2.41. The van der Waals surface area contributed by atoms with Gasteiger partial charge in [0.2, 0.25) is 0 Å². The summed E-state index contributed by atoms with van der Waals surface area (Å²) in [7, 11) is 0. The zero-order valence-corrected chi connectivity index (χ0v) is 7.68. The minimum absolute atomic E-state index is 0.338. The van der Waals surface area contributed by atoms with Crippen molar-refractivity contribution < 1.29 is 4.74 Å². The zero-order valence-electron chi connectivity index (χ0n) is 7.68. The molecular formula is C9H18N2O. The standard InChI is InChI=1S/C9H18N2O/c1-7(2)5-9(11-10)8-3-4-12-6-8/h8-9,11H,1,3-6,10H2,2H3. The summed E-state index contributed by atoms with van der Waals surface area (Å²) >= 11 is 0. The Labute approximate surface area is 73.9 Å². The predicted molar refractivity (Wildman–Crippen MR) is 49.5 cm³/mol. The number of hydrazine groups is 1. The molecule has 1 aliphatic rings. The summed E-state index contributed by atoms with van der Waals surface area (Å²) in [6, 6.07) is 0.338. The molecule has 1 saturated heterocycles. The first-order valence-corrected chi connectivity index (χ1v) is 4.42. The van der Waals surface area contributed by atoms with Gasteiger partial charge in [0.1, 0.15) is 0 Å². The smallest absolute Gasteiger partial charge is 0.0510 e. The van der Waals surface area contributed by atoms with E-state index in [1.165, 1.54) is 5.57 Å². The maximum Gasteiger partial charge on any atom is 0.0510 e. The molecule has 0 amide bonds. The molecule has 1 fully saturated rings. The highest BCUT2D eigenvalue weighted by Gasteiger charge is 2.24. The molecule has 3 heteroatoms. The Balaban J connectivity index is 2.37. The lowest BCUT2D eigenvalue weighted by molar-refractivity contribution is 0.176. The minimum atomic E-state index is 0.338. The van der Waals surface area contributed by atoms with Crippen molar-refractivity contribution in [2.45, 2.75) is 25.8 Å². The van der Waals surface area contributed by atoms with Crippen LogP contribution in [0.25, 0.3) is 0 Å². The van der Waals surface area contributed by atoms with E-state index in [-0.39, 0.29) is 0 Å². The first-order valence-electron chi connectivity index (χ1n) is 4.42. The van der Waals surface area contributed by atoms with E-state index in [1.54, 1.807) is 0 Å². The molecule has 0 aliphatic carbocycles. The molecule has 3 nitrogen and oxygen atoms in total. The minimum Gasteiger partial charge on any atom is -0.381 e. The van der Waals surface area contributed by atoms with Crippen molar-refractivity contribution >= 4 is 0 Å². The van der Waals surface area contributed by atoms with Crippen molar-refractivity contribution in [1.82, 2.24) is 5.43 Å². The van der Waals surface area contributed by atoms with Gasteiger partial charge in [-0.2, -0.15) is 0 Å². The lowest BCUT2D eigenvalue weighted by Gasteiger charge is -2.21. The number of nitrogens with one attached hydrogen (secondary N) is 1. The molecule has 2 unspecified atom stereocenters. The summed E-state index contributed by atoms with van der Waals surface area (Å²) in [5.41, 5.74) is 4.01. The summed E-state index contributed by atoms with van der Waals surface area (Å²) in [4.78, 5) is 0. The Kier molecular flexibility index (Phi) is 3.72. The van der Waals surface area contributed by atoms with Crippen molar-refractivity contribution in [2.75, 3.05) is 13.2 Å². The van der Waals surface area contributed by atoms with Gasteiger partial charge in [-0.15, -0.1) is 6.58 Å².